The van der Waals surface area contributed by atoms with Crippen molar-refractivity contribution in [2.24, 2.45) is 0 Å². The van der Waals surface area contributed by atoms with Gasteiger partial charge in [0.2, 0.25) is 5.75 Å². The minimum Gasteiger partial charge on any atom is -0.508 e. The van der Waals surface area contributed by atoms with Crippen LogP contribution in [-0.2, 0) is 9.59 Å². The zero-order valence-corrected chi connectivity index (χ0v) is 22.5. The zero-order valence-electron chi connectivity index (χ0n) is 22.5. The summed E-state index contributed by atoms with van der Waals surface area (Å²) in [5, 5.41) is 21.3. The first-order valence-corrected chi connectivity index (χ1v) is 12.4. The maximum atomic E-state index is 13.0. The number of phenols is 2. The number of ether oxygens (including phenoxy) is 3. The maximum Gasteiger partial charge on any atom is 0.251 e. The summed E-state index contributed by atoms with van der Waals surface area (Å²) in [6.45, 7) is 0.502. The van der Waals surface area contributed by atoms with Crippen LogP contribution in [0.5, 0.6) is 28.7 Å². The Morgan fingerprint density at radius 1 is 0.897 bits per heavy atom. The van der Waals surface area contributed by atoms with Crippen LogP contribution in [0.4, 0.5) is 5.69 Å². The molecule has 9 heteroatoms. The van der Waals surface area contributed by atoms with Crippen LogP contribution in [0.3, 0.4) is 0 Å². The van der Waals surface area contributed by atoms with Crippen LogP contribution in [0.1, 0.15) is 36.8 Å². The summed E-state index contributed by atoms with van der Waals surface area (Å²) in [5.74, 6) is 1.45. The summed E-state index contributed by atoms with van der Waals surface area (Å²) < 4.78 is 16.2. The van der Waals surface area contributed by atoms with E-state index in [2.05, 4.69) is 5.32 Å². The first-order valence-electron chi connectivity index (χ1n) is 12.4. The molecule has 0 radical (unpaired) electrons. The van der Waals surface area contributed by atoms with Gasteiger partial charge in [0, 0.05) is 18.5 Å². The van der Waals surface area contributed by atoms with Crippen molar-refractivity contribution < 1.29 is 34.0 Å². The fraction of sp³-hybridized carbons (Fsp3) is 0.267. The standard InChI is InChI=1S/C24H29NO6.C6H7NO/c1-29-21-15-17(16-22(30-2)23(21)31-3)14-20(18-8-10-19(27)11-9-18)24(28)25-12-6-4-5-7-13-26;7-5-3-1-2-4-6(5)8/h8-11,13-16,27H,4-7,12H2,1-3H3,(H,25,28);1-4,8H,7H2/b20-14-;. The van der Waals surface area contributed by atoms with Crippen LogP contribution in [0.2, 0.25) is 0 Å². The lowest BCUT2D eigenvalue weighted by atomic mass is 10.0. The molecular weight excluding hydrogens is 500 g/mol. The van der Waals surface area contributed by atoms with Gasteiger partial charge in [-0.25, -0.2) is 0 Å². The molecule has 0 unspecified atom stereocenters. The lowest BCUT2D eigenvalue weighted by Crippen LogP contribution is -2.25. The second kappa shape index (κ2) is 16.2. The van der Waals surface area contributed by atoms with Crippen molar-refractivity contribution in [3.8, 4) is 28.7 Å². The number of aromatic hydroxyl groups is 2. The van der Waals surface area contributed by atoms with E-state index in [1.54, 1.807) is 54.6 Å². The molecule has 0 fully saturated rings. The molecule has 9 nitrogen and oxygen atoms in total. The van der Waals surface area contributed by atoms with E-state index in [1.807, 2.05) is 0 Å². The van der Waals surface area contributed by atoms with Crippen molar-refractivity contribution in [3.05, 3.63) is 71.8 Å². The minimum absolute atomic E-state index is 0.117. The molecule has 3 aromatic rings. The van der Waals surface area contributed by atoms with Crippen LogP contribution < -0.4 is 25.3 Å². The largest absolute Gasteiger partial charge is 0.508 e. The van der Waals surface area contributed by atoms with E-state index in [4.69, 9.17) is 25.1 Å². The van der Waals surface area contributed by atoms with Crippen molar-refractivity contribution in [1.82, 2.24) is 5.32 Å². The Kier molecular flexibility index (Phi) is 12.7. The third kappa shape index (κ3) is 9.62. The molecule has 3 aromatic carbocycles. The number of benzene rings is 3. The third-order valence-corrected chi connectivity index (χ3v) is 5.64. The van der Waals surface area contributed by atoms with Gasteiger partial charge in [0.05, 0.1) is 27.0 Å². The van der Waals surface area contributed by atoms with E-state index in [0.717, 1.165) is 25.5 Å². The van der Waals surface area contributed by atoms with Gasteiger partial charge in [0.15, 0.2) is 11.5 Å². The molecule has 0 saturated carbocycles. The van der Waals surface area contributed by atoms with E-state index in [-0.39, 0.29) is 17.4 Å². The van der Waals surface area contributed by atoms with Crippen molar-refractivity contribution in [1.29, 1.82) is 0 Å². The number of phenolic OH excluding ortho intramolecular Hbond substituents is 2. The molecule has 0 aliphatic carbocycles. The van der Waals surface area contributed by atoms with Crippen molar-refractivity contribution >= 4 is 29.5 Å². The van der Waals surface area contributed by atoms with E-state index in [1.165, 1.54) is 33.5 Å². The Morgan fingerprint density at radius 2 is 1.54 bits per heavy atom. The number of para-hydroxylation sites is 2. The van der Waals surface area contributed by atoms with Crippen LogP contribution in [0.15, 0.2) is 60.7 Å². The number of amides is 1. The van der Waals surface area contributed by atoms with Crippen LogP contribution in [-0.4, -0.2) is 50.3 Å². The monoisotopic (exact) mass is 536 g/mol. The van der Waals surface area contributed by atoms with Gasteiger partial charge in [-0.05, 0) is 66.4 Å². The number of carbonyl (C=O) groups is 2. The molecule has 0 aliphatic rings. The second-order valence-electron chi connectivity index (χ2n) is 8.39. The fourth-order valence-corrected chi connectivity index (χ4v) is 3.59. The molecular formula is C30H36N2O7. The molecule has 1 amide bonds. The first kappa shape index (κ1) is 30.6. The normalized spacial score (nSPS) is 10.6. The summed E-state index contributed by atoms with van der Waals surface area (Å²) in [5.41, 5.74) is 7.48. The Hall–Kier alpha value is -4.66. The number of methoxy groups -OCH3 is 3. The van der Waals surface area contributed by atoms with Gasteiger partial charge < -0.3 is 40.3 Å². The molecule has 3 rings (SSSR count). The molecule has 0 aliphatic heterocycles. The van der Waals surface area contributed by atoms with E-state index in [0.29, 0.717) is 52.6 Å². The number of hydrogen-bond donors (Lipinski definition) is 4. The topological polar surface area (TPSA) is 140 Å². The average molecular weight is 537 g/mol. The number of nitrogens with one attached hydrogen (secondary N) is 1. The number of rotatable bonds is 12. The SMILES string of the molecule is COc1cc(/C=C(\C(=O)NCCCCCC=O)c2ccc(O)cc2)cc(OC)c1OC.Nc1ccccc1O. The number of unbranched alkanes of at least 4 members (excludes halogenated alkanes) is 3. The molecule has 0 spiro atoms. The highest BCUT2D eigenvalue weighted by Gasteiger charge is 2.16. The molecule has 208 valence electrons. The fourth-order valence-electron chi connectivity index (χ4n) is 3.59. The molecule has 0 bridgehead atoms. The lowest BCUT2D eigenvalue weighted by molar-refractivity contribution is -0.115. The number of hydrogen-bond acceptors (Lipinski definition) is 8. The molecule has 39 heavy (non-hydrogen) atoms. The van der Waals surface area contributed by atoms with Crippen LogP contribution in [0.25, 0.3) is 11.6 Å². The average Bonchev–Trinajstić information content (AvgIpc) is 2.95. The van der Waals surface area contributed by atoms with Crippen molar-refractivity contribution in [2.75, 3.05) is 33.6 Å². The Morgan fingerprint density at radius 3 is 2.05 bits per heavy atom. The number of nitrogen functional groups attached to an aromatic ring is 1. The van der Waals surface area contributed by atoms with Gasteiger partial charge in [0.25, 0.3) is 5.91 Å². The van der Waals surface area contributed by atoms with Gasteiger partial charge in [-0.2, -0.15) is 0 Å². The Labute approximate surface area is 228 Å². The van der Waals surface area contributed by atoms with E-state index < -0.39 is 0 Å². The molecule has 0 heterocycles. The lowest BCUT2D eigenvalue weighted by Gasteiger charge is -2.14. The second-order valence-corrected chi connectivity index (χ2v) is 8.39. The van der Waals surface area contributed by atoms with Crippen molar-refractivity contribution in [3.63, 3.8) is 0 Å². The third-order valence-electron chi connectivity index (χ3n) is 5.64. The Balaban J connectivity index is 0.000000568. The van der Waals surface area contributed by atoms with E-state index >= 15 is 0 Å². The minimum atomic E-state index is -0.241. The zero-order chi connectivity index (χ0) is 28.6. The first-order chi connectivity index (χ1) is 18.8. The highest BCUT2D eigenvalue weighted by Crippen LogP contribution is 2.39. The highest BCUT2D eigenvalue weighted by molar-refractivity contribution is 6.24. The molecule has 0 saturated heterocycles. The molecule has 5 N–H and O–H groups in total. The molecule has 0 atom stereocenters. The summed E-state index contributed by atoms with van der Waals surface area (Å²) in [6.07, 6.45) is 5.64. The number of carbonyl (C=O) groups excluding carboxylic acids is 2. The highest BCUT2D eigenvalue weighted by atomic mass is 16.5. The summed E-state index contributed by atoms with van der Waals surface area (Å²) in [7, 11) is 4.59. The van der Waals surface area contributed by atoms with Crippen LogP contribution in [0, 0.1) is 0 Å². The number of nitrogens with two attached hydrogens (primary N) is 1. The predicted molar refractivity (Wildman–Crippen MR) is 152 cm³/mol. The number of anilines is 1. The predicted octanol–water partition coefficient (Wildman–Crippen LogP) is 4.81. The van der Waals surface area contributed by atoms with Crippen molar-refractivity contribution in [2.45, 2.75) is 25.7 Å². The summed E-state index contributed by atoms with van der Waals surface area (Å²) in [4.78, 5) is 23.4. The summed E-state index contributed by atoms with van der Waals surface area (Å²) >= 11 is 0. The smallest absolute Gasteiger partial charge is 0.251 e. The van der Waals surface area contributed by atoms with E-state index in [9.17, 15) is 14.7 Å². The maximum absolute atomic E-state index is 13.0. The molecule has 0 aromatic heterocycles. The van der Waals surface area contributed by atoms with Gasteiger partial charge in [-0.15, -0.1) is 0 Å². The van der Waals surface area contributed by atoms with Gasteiger partial charge >= 0.3 is 0 Å². The quantitative estimate of drug-likeness (QED) is 0.0646. The van der Waals surface area contributed by atoms with Gasteiger partial charge in [-0.1, -0.05) is 30.7 Å². The van der Waals surface area contributed by atoms with Gasteiger partial charge in [-0.3, -0.25) is 4.79 Å². The Bertz CT molecular complexity index is 1190. The van der Waals surface area contributed by atoms with Gasteiger partial charge in [0.1, 0.15) is 17.8 Å². The van der Waals surface area contributed by atoms with Crippen LogP contribution >= 0.6 is 0 Å². The summed E-state index contributed by atoms with van der Waals surface area (Å²) in [6, 6.07) is 16.6. The number of aldehydes is 1.